The van der Waals surface area contributed by atoms with E-state index >= 15 is 0 Å². The second kappa shape index (κ2) is 3.38. The summed E-state index contributed by atoms with van der Waals surface area (Å²) in [5.74, 6) is 0.968. The highest BCUT2D eigenvalue weighted by molar-refractivity contribution is 9.09. The molecule has 0 saturated carbocycles. The van der Waals surface area contributed by atoms with E-state index in [1.54, 1.807) is 17.8 Å². The third-order valence-electron chi connectivity index (χ3n) is 2.42. The normalized spacial score (nSPS) is 25.1. The van der Waals surface area contributed by atoms with E-state index in [2.05, 4.69) is 32.4 Å². The number of rotatable bonds is 1. The molecule has 2 rings (SSSR count). The minimum absolute atomic E-state index is 0.0464. The lowest BCUT2D eigenvalue weighted by Gasteiger charge is -2.26. The predicted molar refractivity (Wildman–Crippen MR) is 61.4 cm³/mol. The second-order valence-corrected chi connectivity index (χ2v) is 5.28. The van der Waals surface area contributed by atoms with Gasteiger partial charge in [-0.25, -0.2) is 0 Å². The molecule has 1 atom stereocenters. The summed E-state index contributed by atoms with van der Waals surface area (Å²) in [4.78, 5) is 15.2. The molecule has 0 radical (unpaired) electrons. The molecule has 76 valence electrons. The molecule has 0 amide bonds. The summed E-state index contributed by atoms with van der Waals surface area (Å²) in [6.45, 7) is 4.13. The quantitative estimate of drug-likeness (QED) is 0.578. The van der Waals surface area contributed by atoms with Crippen LogP contribution in [-0.4, -0.2) is 20.6 Å². The van der Waals surface area contributed by atoms with Gasteiger partial charge in [0.25, 0.3) is 5.56 Å². The number of thioether (sulfide) groups is 1. The number of hydrogen-bond donors (Lipinski definition) is 0. The van der Waals surface area contributed by atoms with Crippen molar-refractivity contribution in [1.82, 2.24) is 9.55 Å². The lowest BCUT2D eigenvalue weighted by molar-refractivity contribution is 0.384. The Morgan fingerprint density at radius 3 is 3.14 bits per heavy atom. The number of fused-ring (bicyclic) bond motifs is 1. The van der Waals surface area contributed by atoms with Gasteiger partial charge in [-0.2, -0.15) is 4.98 Å². The predicted octanol–water partition coefficient (Wildman–Crippen LogP) is 1.77. The van der Waals surface area contributed by atoms with E-state index in [0.717, 1.165) is 21.9 Å². The van der Waals surface area contributed by atoms with E-state index in [1.807, 2.05) is 6.92 Å². The molecule has 0 aliphatic carbocycles. The fraction of sp³-hybridized carbons (Fsp3) is 0.556. The summed E-state index contributed by atoms with van der Waals surface area (Å²) in [5, 5.41) is 1.72. The van der Waals surface area contributed by atoms with Gasteiger partial charge in [0.1, 0.15) is 0 Å². The topological polar surface area (TPSA) is 34.9 Å². The molecule has 1 aliphatic heterocycles. The Morgan fingerprint density at radius 2 is 2.50 bits per heavy atom. The molecule has 1 aromatic rings. The van der Waals surface area contributed by atoms with Crippen molar-refractivity contribution in [1.29, 1.82) is 0 Å². The monoisotopic (exact) mass is 274 g/mol. The van der Waals surface area contributed by atoms with Gasteiger partial charge in [0.2, 0.25) is 0 Å². The molecular weight excluding hydrogens is 264 g/mol. The van der Waals surface area contributed by atoms with Crippen LogP contribution in [0.2, 0.25) is 0 Å². The van der Waals surface area contributed by atoms with E-state index in [9.17, 15) is 4.79 Å². The van der Waals surface area contributed by atoms with Crippen molar-refractivity contribution >= 4 is 27.7 Å². The van der Waals surface area contributed by atoms with Crippen molar-refractivity contribution in [3.05, 3.63) is 22.1 Å². The zero-order valence-electron chi connectivity index (χ0n) is 8.08. The van der Waals surface area contributed by atoms with Crippen molar-refractivity contribution in [3.8, 4) is 0 Å². The minimum Gasteiger partial charge on any atom is -0.317 e. The summed E-state index contributed by atoms with van der Waals surface area (Å²) in [6.07, 6.45) is 0. The Labute approximate surface area is 95.1 Å². The van der Waals surface area contributed by atoms with E-state index < -0.39 is 0 Å². The van der Waals surface area contributed by atoms with Gasteiger partial charge in [0.15, 0.2) is 5.16 Å². The molecule has 3 nitrogen and oxygen atoms in total. The molecule has 1 aromatic heterocycles. The second-order valence-electron chi connectivity index (χ2n) is 3.77. The average Bonchev–Trinajstić information content (AvgIpc) is 2.44. The molecule has 0 N–H and O–H groups in total. The van der Waals surface area contributed by atoms with Crippen molar-refractivity contribution in [2.24, 2.45) is 0 Å². The van der Waals surface area contributed by atoms with Crippen LogP contribution in [0.5, 0.6) is 0 Å². The highest BCUT2D eigenvalue weighted by Crippen LogP contribution is 2.37. The highest BCUT2D eigenvalue weighted by Gasteiger charge is 2.34. The van der Waals surface area contributed by atoms with E-state index in [-0.39, 0.29) is 11.1 Å². The maximum atomic E-state index is 11.2. The largest absolute Gasteiger partial charge is 0.317 e. The van der Waals surface area contributed by atoms with E-state index in [1.165, 1.54) is 0 Å². The van der Waals surface area contributed by atoms with E-state index in [4.69, 9.17) is 0 Å². The summed E-state index contributed by atoms with van der Waals surface area (Å²) in [5.41, 5.74) is 0.900. The Balaban J connectivity index is 2.66. The standard InChI is InChI=1S/C9H11BrN2OS/c1-6-3-7(13)11-8-12(6)9(2,4-10)5-14-8/h3H,4-5H2,1-2H3. The molecule has 1 unspecified atom stereocenters. The van der Waals surface area contributed by atoms with Crippen LogP contribution >= 0.6 is 27.7 Å². The zero-order chi connectivity index (χ0) is 10.3. The van der Waals surface area contributed by atoms with Crippen molar-refractivity contribution in [2.75, 3.05) is 11.1 Å². The Bertz CT molecular complexity index is 431. The van der Waals surface area contributed by atoms with Crippen molar-refractivity contribution in [2.45, 2.75) is 24.5 Å². The first-order valence-corrected chi connectivity index (χ1v) is 6.47. The molecule has 0 fully saturated rings. The van der Waals surface area contributed by atoms with Crippen LogP contribution in [-0.2, 0) is 5.54 Å². The third-order valence-corrected chi connectivity index (χ3v) is 4.93. The Kier molecular flexibility index (Phi) is 2.47. The van der Waals surface area contributed by atoms with Crippen LogP contribution in [0.3, 0.4) is 0 Å². The number of alkyl halides is 1. The molecular formula is C9H11BrN2OS. The molecule has 1 aliphatic rings. The number of aromatic nitrogens is 2. The summed E-state index contributed by atoms with van der Waals surface area (Å²) in [7, 11) is 0. The lowest BCUT2D eigenvalue weighted by atomic mass is 10.1. The molecule has 0 saturated heterocycles. The maximum Gasteiger partial charge on any atom is 0.273 e. The van der Waals surface area contributed by atoms with Crippen molar-refractivity contribution < 1.29 is 0 Å². The smallest absolute Gasteiger partial charge is 0.273 e. The van der Waals surface area contributed by atoms with Gasteiger partial charge in [-0.15, -0.1) is 0 Å². The van der Waals surface area contributed by atoms with Gasteiger partial charge >= 0.3 is 0 Å². The van der Waals surface area contributed by atoms with Crippen LogP contribution in [0.1, 0.15) is 12.6 Å². The van der Waals surface area contributed by atoms with E-state index in [0.29, 0.717) is 0 Å². The fourth-order valence-corrected chi connectivity index (χ4v) is 3.74. The van der Waals surface area contributed by atoms with Crippen LogP contribution in [0.4, 0.5) is 0 Å². The van der Waals surface area contributed by atoms with Gasteiger partial charge in [0, 0.05) is 22.8 Å². The van der Waals surface area contributed by atoms with Gasteiger partial charge < -0.3 is 4.57 Å². The van der Waals surface area contributed by atoms with Crippen LogP contribution in [0, 0.1) is 6.92 Å². The number of halogens is 1. The lowest BCUT2D eigenvalue weighted by Crippen LogP contribution is -2.33. The SMILES string of the molecule is Cc1cc(=O)nc2n1C(C)(CBr)CS2. The molecule has 0 bridgehead atoms. The molecule has 5 heteroatoms. The van der Waals surface area contributed by atoms with Gasteiger partial charge in [-0.05, 0) is 13.8 Å². The molecule has 14 heavy (non-hydrogen) atoms. The first-order valence-electron chi connectivity index (χ1n) is 4.37. The number of nitrogens with zero attached hydrogens (tertiary/aromatic N) is 2. The fourth-order valence-electron chi connectivity index (χ4n) is 1.71. The van der Waals surface area contributed by atoms with Crippen LogP contribution < -0.4 is 5.56 Å². The summed E-state index contributed by atoms with van der Waals surface area (Å²) in [6, 6.07) is 1.59. The highest BCUT2D eigenvalue weighted by atomic mass is 79.9. The first kappa shape index (κ1) is 10.2. The number of aryl methyl sites for hydroxylation is 1. The Morgan fingerprint density at radius 1 is 1.79 bits per heavy atom. The summed E-state index contributed by atoms with van der Waals surface area (Å²) >= 11 is 5.16. The average molecular weight is 275 g/mol. The molecule has 0 spiro atoms. The molecule has 2 heterocycles. The van der Waals surface area contributed by atoms with Gasteiger partial charge in [0.05, 0.1) is 5.54 Å². The van der Waals surface area contributed by atoms with Gasteiger partial charge in [-0.1, -0.05) is 27.7 Å². The van der Waals surface area contributed by atoms with Crippen LogP contribution in [0.15, 0.2) is 16.0 Å². The Hall–Kier alpha value is -0.290. The van der Waals surface area contributed by atoms with Crippen LogP contribution in [0.25, 0.3) is 0 Å². The maximum absolute atomic E-state index is 11.2. The van der Waals surface area contributed by atoms with Crippen molar-refractivity contribution in [3.63, 3.8) is 0 Å². The number of hydrogen-bond acceptors (Lipinski definition) is 3. The minimum atomic E-state index is -0.139. The van der Waals surface area contributed by atoms with Gasteiger partial charge in [-0.3, -0.25) is 4.79 Å². The summed E-state index contributed by atoms with van der Waals surface area (Å²) < 4.78 is 2.15. The third kappa shape index (κ3) is 1.42. The molecule has 0 aromatic carbocycles. The zero-order valence-corrected chi connectivity index (χ0v) is 10.5. The first-order chi connectivity index (χ1) is 6.57.